The third kappa shape index (κ3) is 5.14. The number of anilines is 1. The summed E-state index contributed by atoms with van der Waals surface area (Å²) in [5.74, 6) is -3.81. The number of nitrogens with one attached hydrogen (secondary N) is 3. The number of H-pyrrole nitrogens is 1. The number of non-ortho nitro benzene ring substituents is 2. The third-order valence-corrected chi connectivity index (χ3v) is 5.04. The van der Waals surface area contributed by atoms with Gasteiger partial charge in [-0.15, -0.1) is 0 Å². The number of carbonyl (C=O) groups is 2. The lowest BCUT2D eigenvalue weighted by Crippen LogP contribution is -2.38. The van der Waals surface area contributed by atoms with E-state index in [9.17, 15) is 34.6 Å². The van der Waals surface area contributed by atoms with Gasteiger partial charge in [-0.3, -0.25) is 34.6 Å². The second-order valence-corrected chi connectivity index (χ2v) is 7.30. The highest BCUT2D eigenvalue weighted by Gasteiger charge is 2.36. The molecule has 0 radical (unpaired) electrons. The number of carbonyl (C=O) groups excluding carboxylic acids is 2. The van der Waals surface area contributed by atoms with Crippen LogP contribution in [0.5, 0.6) is 0 Å². The highest BCUT2D eigenvalue weighted by Crippen LogP contribution is 2.24. The molecular weight excluding hydrogens is 478 g/mol. The van der Waals surface area contributed by atoms with Crippen LogP contribution < -0.4 is 16.3 Å². The minimum atomic E-state index is -1.76. The van der Waals surface area contributed by atoms with Gasteiger partial charge in [-0.05, 0) is 18.6 Å². The molecule has 186 valence electrons. The largest absolute Gasteiger partial charge is 0.468 e. The molecule has 15 nitrogen and oxygen atoms in total. The van der Waals surface area contributed by atoms with Crippen LogP contribution in [0.2, 0.25) is 0 Å². The molecule has 3 aromatic rings. The van der Waals surface area contributed by atoms with E-state index in [1.807, 2.05) is 0 Å². The summed E-state index contributed by atoms with van der Waals surface area (Å²) in [4.78, 5) is 66.3. The lowest BCUT2D eigenvalue weighted by Gasteiger charge is -2.17. The van der Waals surface area contributed by atoms with Gasteiger partial charge in [-0.25, -0.2) is 4.98 Å². The van der Waals surface area contributed by atoms with Crippen LogP contribution in [0.25, 0.3) is 11.0 Å². The van der Waals surface area contributed by atoms with Crippen molar-refractivity contribution in [3.63, 3.8) is 0 Å². The van der Waals surface area contributed by atoms with Crippen molar-refractivity contribution in [3.8, 4) is 0 Å². The monoisotopic (exact) mass is 497 g/mol. The number of aromatic nitrogens is 2. The van der Waals surface area contributed by atoms with Gasteiger partial charge in [0.2, 0.25) is 0 Å². The minimum Gasteiger partial charge on any atom is -0.468 e. The summed E-state index contributed by atoms with van der Waals surface area (Å²) in [6, 6.07) is 7.33. The van der Waals surface area contributed by atoms with Gasteiger partial charge in [0.05, 0.1) is 33.7 Å². The first-order valence-electron chi connectivity index (χ1n) is 10.1. The molecule has 1 amide bonds. The molecule has 3 rings (SSSR count). The fraction of sp³-hybridized carbons (Fsp3) is 0.190. The SMILES string of the molecule is CNN=C(C(=O)Nc1cc([N+](=O)[O-])ccc1C)C(C(=O)OC)c1nc2cc([N+](=O)[O-])ccc2[nH]c1=O. The Bertz CT molecular complexity index is 1480. The molecule has 0 bridgehead atoms. The molecule has 2 aromatic carbocycles. The number of esters is 1. The summed E-state index contributed by atoms with van der Waals surface area (Å²) >= 11 is 0. The Morgan fingerprint density at radius 3 is 2.36 bits per heavy atom. The number of hydrazone groups is 1. The standard InChI is InChI=1S/C21H19N7O8/c1-10-4-5-11(27(32)33)8-14(10)25-20(30)18(26-22-2)16(21(31)36-3)17-19(29)24-13-7-6-12(28(34)35)9-15(13)23-17/h4-9,16,22H,1-3H3,(H,24,29)(H,25,30). The van der Waals surface area contributed by atoms with Gasteiger partial charge < -0.3 is 20.5 Å². The molecule has 1 heterocycles. The van der Waals surface area contributed by atoms with Crippen molar-refractivity contribution in [1.82, 2.24) is 15.4 Å². The Kier molecular flexibility index (Phi) is 7.32. The molecule has 36 heavy (non-hydrogen) atoms. The van der Waals surface area contributed by atoms with E-state index in [0.717, 1.165) is 19.2 Å². The van der Waals surface area contributed by atoms with Crippen molar-refractivity contribution < 1.29 is 24.2 Å². The summed E-state index contributed by atoms with van der Waals surface area (Å²) in [6.45, 7) is 1.59. The fourth-order valence-corrected chi connectivity index (χ4v) is 3.28. The fourth-order valence-electron chi connectivity index (χ4n) is 3.28. The summed E-state index contributed by atoms with van der Waals surface area (Å²) in [7, 11) is 2.36. The van der Waals surface area contributed by atoms with E-state index in [1.165, 1.54) is 31.3 Å². The predicted octanol–water partition coefficient (Wildman–Crippen LogP) is 1.52. The first-order chi connectivity index (χ1) is 17.1. The Morgan fingerprint density at radius 2 is 1.75 bits per heavy atom. The molecule has 0 spiro atoms. The van der Waals surface area contributed by atoms with Gasteiger partial charge in [0.1, 0.15) is 11.4 Å². The van der Waals surface area contributed by atoms with Crippen molar-refractivity contribution in [2.75, 3.05) is 19.5 Å². The maximum Gasteiger partial charge on any atom is 0.321 e. The molecule has 15 heteroatoms. The van der Waals surface area contributed by atoms with E-state index in [4.69, 9.17) is 4.74 Å². The van der Waals surface area contributed by atoms with Crippen LogP contribution in [-0.2, 0) is 14.3 Å². The van der Waals surface area contributed by atoms with Gasteiger partial charge in [0, 0.05) is 31.3 Å². The number of hydrogen-bond acceptors (Lipinski definition) is 11. The molecule has 1 atom stereocenters. The molecule has 0 fully saturated rings. The molecule has 0 aliphatic carbocycles. The second kappa shape index (κ2) is 10.4. The average molecular weight is 497 g/mol. The number of amides is 1. The molecule has 3 N–H and O–H groups in total. The zero-order valence-electron chi connectivity index (χ0n) is 19.1. The summed E-state index contributed by atoms with van der Waals surface area (Å²) in [5, 5.41) is 28.6. The Balaban J connectivity index is 2.14. The van der Waals surface area contributed by atoms with Gasteiger partial charge in [-0.1, -0.05) is 6.07 Å². The molecule has 0 saturated carbocycles. The van der Waals surface area contributed by atoms with Crippen LogP contribution in [0.3, 0.4) is 0 Å². The van der Waals surface area contributed by atoms with Crippen LogP contribution >= 0.6 is 0 Å². The molecule has 0 aliphatic rings. The van der Waals surface area contributed by atoms with E-state index in [2.05, 4.69) is 25.8 Å². The molecular formula is C21H19N7O8. The lowest BCUT2D eigenvalue weighted by atomic mass is 9.98. The van der Waals surface area contributed by atoms with Crippen molar-refractivity contribution >= 4 is 45.7 Å². The second-order valence-electron chi connectivity index (χ2n) is 7.30. The predicted molar refractivity (Wildman–Crippen MR) is 127 cm³/mol. The Hall–Kier alpha value is -5.21. The average Bonchev–Trinajstić information content (AvgIpc) is 2.84. The van der Waals surface area contributed by atoms with Gasteiger partial charge >= 0.3 is 5.97 Å². The van der Waals surface area contributed by atoms with E-state index >= 15 is 0 Å². The number of aromatic amines is 1. The number of hydrogen-bond donors (Lipinski definition) is 3. The van der Waals surface area contributed by atoms with Crippen molar-refractivity contribution in [2.24, 2.45) is 5.10 Å². The van der Waals surface area contributed by atoms with Gasteiger partial charge in [0.15, 0.2) is 5.92 Å². The van der Waals surface area contributed by atoms with E-state index in [1.54, 1.807) is 6.92 Å². The lowest BCUT2D eigenvalue weighted by molar-refractivity contribution is -0.384. The number of nitro benzene ring substituents is 2. The normalized spacial score (nSPS) is 12.0. The van der Waals surface area contributed by atoms with Crippen LogP contribution in [0.15, 0.2) is 46.3 Å². The molecule has 0 saturated heterocycles. The van der Waals surface area contributed by atoms with Crippen molar-refractivity contribution in [3.05, 3.63) is 78.2 Å². The summed E-state index contributed by atoms with van der Waals surface area (Å²) in [5.41, 5.74) is 0.525. The highest BCUT2D eigenvalue weighted by atomic mass is 16.6. The third-order valence-electron chi connectivity index (χ3n) is 5.04. The Morgan fingerprint density at radius 1 is 1.11 bits per heavy atom. The molecule has 0 aliphatic heterocycles. The first kappa shape index (κ1) is 25.4. The minimum absolute atomic E-state index is 0.0218. The van der Waals surface area contributed by atoms with Crippen molar-refractivity contribution in [1.29, 1.82) is 0 Å². The van der Waals surface area contributed by atoms with Gasteiger partial charge in [-0.2, -0.15) is 5.10 Å². The number of aryl methyl sites for hydroxylation is 1. The molecule has 1 aromatic heterocycles. The zero-order valence-corrected chi connectivity index (χ0v) is 19.1. The number of methoxy groups -OCH3 is 1. The van der Waals surface area contributed by atoms with Crippen LogP contribution in [0.1, 0.15) is 17.2 Å². The van der Waals surface area contributed by atoms with E-state index in [0.29, 0.717) is 5.56 Å². The van der Waals surface area contributed by atoms with Crippen molar-refractivity contribution in [2.45, 2.75) is 12.8 Å². The zero-order chi connectivity index (χ0) is 26.6. The highest BCUT2D eigenvalue weighted by molar-refractivity contribution is 6.47. The number of ether oxygens (including phenoxy) is 1. The number of rotatable bonds is 8. The summed E-state index contributed by atoms with van der Waals surface area (Å²) in [6.07, 6.45) is 0. The van der Waals surface area contributed by atoms with Crippen LogP contribution in [0.4, 0.5) is 17.1 Å². The van der Waals surface area contributed by atoms with E-state index in [-0.39, 0.29) is 28.1 Å². The van der Waals surface area contributed by atoms with E-state index < -0.39 is 44.6 Å². The number of nitrogens with zero attached hydrogens (tertiary/aromatic N) is 4. The summed E-state index contributed by atoms with van der Waals surface area (Å²) < 4.78 is 4.78. The van der Waals surface area contributed by atoms with Gasteiger partial charge in [0.25, 0.3) is 22.8 Å². The number of nitro groups is 2. The first-order valence-corrected chi connectivity index (χ1v) is 10.1. The topological polar surface area (TPSA) is 212 Å². The smallest absolute Gasteiger partial charge is 0.321 e. The maximum atomic E-state index is 13.2. The molecule has 1 unspecified atom stereocenters. The maximum absolute atomic E-state index is 13.2. The van der Waals surface area contributed by atoms with Crippen LogP contribution in [-0.4, -0.2) is 51.6 Å². The van der Waals surface area contributed by atoms with Crippen LogP contribution in [0, 0.1) is 27.2 Å². The number of fused-ring (bicyclic) bond motifs is 1. The number of benzene rings is 2. The Labute approximate surface area is 201 Å². The quantitative estimate of drug-likeness (QED) is 0.177.